The van der Waals surface area contributed by atoms with E-state index in [4.69, 9.17) is 9.84 Å². The molecule has 1 aliphatic rings. The molecule has 0 saturated carbocycles. The number of amides is 1. The van der Waals surface area contributed by atoms with Gasteiger partial charge in [-0.1, -0.05) is 12.1 Å². The SMILES string of the molecule is COc1ccccc1N1CCN(C(=O)c2ccc(C(=O)O)cc2)CC1. The summed E-state index contributed by atoms with van der Waals surface area (Å²) in [6, 6.07) is 13.9. The maximum Gasteiger partial charge on any atom is 0.335 e. The second-order valence-corrected chi connectivity index (χ2v) is 5.83. The summed E-state index contributed by atoms with van der Waals surface area (Å²) in [5.74, 6) is -0.243. The Bertz CT molecular complexity index is 765. The number of hydrogen-bond donors (Lipinski definition) is 1. The fraction of sp³-hybridized carbons (Fsp3) is 0.263. The van der Waals surface area contributed by atoms with E-state index in [0.717, 1.165) is 24.5 Å². The summed E-state index contributed by atoms with van der Waals surface area (Å²) in [4.78, 5) is 27.5. The minimum absolute atomic E-state index is 0.0726. The largest absolute Gasteiger partial charge is 0.495 e. The fourth-order valence-electron chi connectivity index (χ4n) is 2.98. The van der Waals surface area contributed by atoms with Gasteiger partial charge >= 0.3 is 5.97 Å². The third kappa shape index (κ3) is 3.57. The normalized spacial score (nSPS) is 14.3. The van der Waals surface area contributed by atoms with E-state index in [9.17, 15) is 9.59 Å². The molecule has 6 nitrogen and oxygen atoms in total. The number of methoxy groups -OCH3 is 1. The van der Waals surface area contributed by atoms with E-state index >= 15 is 0 Å². The van der Waals surface area contributed by atoms with Crippen LogP contribution in [0.15, 0.2) is 48.5 Å². The van der Waals surface area contributed by atoms with E-state index in [1.54, 1.807) is 24.1 Å². The van der Waals surface area contributed by atoms with Crippen molar-refractivity contribution in [2.45, 2.75) is 0 Å². The van der Waals surface area contributed by atoms with Gasteiger partial charge in [0.05, 0.1) is 18.4 Å². The standard InChI is InChI=1S/C19H20N2O4/c1-25-17-5-3-2-4-16(17)20-10-12-21(13-11-20)18(22)14-6-8-15(9-7-14)19(23)24/h2-9H,10-13H2,1H3,(H,23,24). The number of benzene rings is 2. The molecule has 25 heavy (non-hydrogen) atoms. The molecule has 0 bridgehead atoms. The number of ether oxygens (including phenoxy) is 1. The van der Waals surface area contributed by atoms with Gasteiger partial charge in [0.15, 0.2) is 0 Å². The van der Waals surface area contributed by atoms with Crippen LogP contribution in [0.1, 0.15) is 20.7 Å². The molecule has 1 N–H and O–H groups in total. The van der Waals surface area contributed by atoms with Gasteiger partial charge in [0.1, 0.15) is 5.75 Å². The topological polar surface area (TPSA) is 70.1 Å². The number of aromatic carboxylic acids is 1. The molecule has 0 unspecified atom stereocenters. The number of rotatable bonds is 4. The number of nitrogens with zero attached hydrogens (tertiary/aromatic N) is 2. The number of piperazine rings is 1. The van der Waals surface area contributed by atoms with Crippen LogP contribution in [0.4, 0.5) is 5.69 Å². The first-order valence-corrected chi connectivity index (χ1v) is 8.11. The summed E-state index contributed by atoms with van der Waals surface area (Å²) in [7, 11) is 1.65. The summed E-state index contributed by atoms with van der Waals surface area (Å²) in [5, 5.41) is 8.93. The highest BCUT2D eigenvalue weighted by Gasteiger charge is 2.23. The van der Waals surface area contributed by atoms with Crippen molar-refractivity contribution in [1.29, 1.82) is 0 Å². The Balaban J connectivity index is 1.65. The zero-order valence-corrected chi connectivity index (χ0v) is 14.0. The lowest BCUT2D eigenvalue weighted by atomic mass is 10.1. The molecule has 1 amide bonds. The molecule has 0 radical (unpaired) electrons. The van der Waals surface area contributed by atoms with Crippen LogP contribution in [0.5, 0.6) is 5.75 Å². The lowest BCUT2D eigenvalue weighted by molar-refractivity contribution is 0.0693. The molecule has 1 aliphatic heterocycles. The first kappa shape index (κ1) is 16.8. The molecule has 0 spiro atoms. The third-order valence-corrected chi connectivity index (χ3v) is 4.37. The molecule has 3 rings (SSSR count). The molecule has 0 aromatic heterocycles. The predicted molar refractivity (Wildman–Crippen MR) is 94.5 cm³/mol. The minimum atomic E-state index is -0.996. The summed E-state index contributed by atoms with van der Waals surface area (Å²) in [6.07, 6.45) is 0. The molecule has 2 aromatic carbocycles. The van der Waals surface area contributed by atoms with Crippen molar-refractivity contribution < 1.29 is 19.4 Å². The maximum atomic E-state index is 12.6. The van der Waals surface area contributed by atoms with Crippen LogP contribution in [-0.4, -0.2) is 55.2 Å². The van der Waals surface area contributed by atoms with Crippen LogP contribution in [0, 0.1) is 0 Å². The number of carbonyl (C=O) groups is 2. The van der Waals surface area contributed by atoms with Crippen molar-refractivity contribution in [3.05, 3.63) is 59.7 Å². The number of carboxylic acids is 1. The molecular formula is C19H20N2O4. The van der Waals surface area contributed by atoms with Crippen molar-refractivity contribution in [2.75, 3.05) is 38.2 Å². The van der Waals surface area contributed by atoms with Crippen molar-refractivity contribution in [3.63, 3.8) is 0 Å². The van der Waals surface area contributed by atoms with Gasteiger partial charge in [0.25, 0.3) is 5.91 Å². The van der Waals surface area contributed by atoms with E-state index in [-0.39, 0.29) is 11.5 Å². The van der Waals surface area contributed by atoms with Crippen LogP contribution in [-0.2, 0) is 0 Å². The van der Waals surface area contributed by atoms with Gasteiger partial charge in [-0.3, -0.25) is 4.79 Å². The van der Waals surface area contributed by atoms with Gasteiger partial charge in [-0.15, -0.1) is 0 Å². The molecule has 0 aliphatic carbocycles. The molecule has 130 valence electrons. The van der Waals surface area contributed by atoms with Crippen LogP contribution >= 0.6 is 0 Å². The average molecular weight is 340 g/mol. The van der Waals surface area contributed by atoms with E-state index in [1.807, 2.05) is 24.3 Å². The van der Waals surface area contributed by atoms with E-state index in [0.29, 0.717) is 18.7 Å². The van der Waals surface area contributed by atoms with Gasteiger partial charge in [0.2, 0.25) is 0 Å². The van der Waals surface area contributed by atoms with Crippen LogP contribution in [0.3, 0.4) is 0 Å². The monoisotopic (exact) mass is 340 g/mol. The lowest BCUT2D eigenvalue weighted by Gasteiger charge is -2.36. The molecule has 0 atom stereocenters. The quantitative estimate of drug-likeness (QED) is 0.925. The zero-order valence-electron chi connectivity index (χ0n) is 14.0. The van der Waals surface area contributed by atoms with Gasteiger partial charge < -0.3 is 19.6 Å². The van der Waals surface area contributed by atoms with Crippen LogP contribution < -0.4 is 9.64 Å². The summed E-state index contributed by atoms with van der Waals surface area (Å²) < 4.78 is 5.40. The van der Waals surface area contributed by atoms with Crippen molar-refractivity contribution in [1.82, 2.24) is 4.90 Å². The second kappa shape index (κ2) is 7.25. The highest BCUT2D eigenvalue weighted by molar-refractivity contribution is 5.96. The number of para-hydroxylation sites is 2. The van der Waals surface area contributed by atoms with Gasteiger partial charge in [0, 0.05) is 31.7 Å². The van der Waals surface area contributed by atoms with E-state index in [1.165, 1.54) is 12.1 Å². The highest BCUT2D eigenvalue weighted by Crippen LogP contribution is 2.28. The molecule has 1 fully saturated rings. The summed E-state index contributed by atoms with van der Waals surface area (Å²) in [6.45, 7) is 2.66. The molecule has 1 saturated heterocycles. The number of hydrogen-bond acceptors (Lipinski definition) is 4. The number of carboxylic acid groups (broad SMARTS) is 1. The van der Waals surface area contributed by atoms with Crippen LogP contribution in [0.25, 0.3) is 0 Å². The zero-order chi connectivity index (χ0) is 17.8. The molecule has 6 heteroatoms. The Labute approximate surface area is 146 Å². The first-order chi connectivity index (χ1) is 12.1. The maximum absolute atomic E-state index is 12.6. The Kier molecular flexibility index (Phi) is 4.88. The smallest absolute Gasteiger partial charge is 0.335 e. The third-order valence-electron chi connectivity index (χ3n) is 4.37. The predicted octanol–water partition coefficient (Wildman–Crippen LogP) is 2.36. The van der Waals surface area contributed by atoms with E-state index < -0.39 is 5.97 Å². The second-order valence-electron chi connectivity index (χ2n) is 5.83. The summed E-state index contributed by atoms with van der Waals surface area (Å²) in [5.41, 5.74) is 1.72. The average Bonchev–Trinajstić information content (AvgIpc) is 2.67. The number of carbonyl (C=O) groups excluding carboxylic acids is 1. The molecule has 1 heterocycles. The summed E-state index contributed by atoms with van der Waals surface area (Å²) >= 11 is 0. The minimum Gasteiger partial charge on any atom is -0.495 e. The van der Waals surface area contributed by atoms with Gasteiger partial charge in [-0.25, -0.2) is 4.79 Å². The molecule has 2 aromatic rings. The van der Waals surface area contributed by atoms with E-state index in [2.05, 4.69) is 4.90 Å². The van der Waals surface area contributed by atoms with Crippen molar-refractivity contribution >= 4 is 17.6 Å². The number of anilines is 1. The van der Waals surface area contributed by atoms with Gasteiger partial charge in [-0.2, -0.15) is 0 Å². The Morgan fingerprint density at radius 2 is 1.52 bits per heavy atom. The lowest BCUT2D eigenvalue weighted by Crippen LogP contribution is -2.48. The molecular weight excluding hydrogens is 320 g/mol. The van der Waals surface area contributed by atoms with Crippen LogP contribution in [0.2, 0.25) is 0 Å². The Hall–Kier alpha value is -3.02. The van der Waals surface area contributed by atoms with Crippen molar-refractivity contribution in [3.8, 4) is 5.75 Å². The first-order valence-electron chi connectivity index (χ1n) is 8.11. The fourth-order valence-corrected chi connectivity index (χ4v) is 2.98. The van der Waals surface area contributed by atoms with Gasteiger partial charge in [-0.05, 0) is 36.4 Å². The Morgan fingerprint density at radius 1 is 0.920 bits per heavy atom. The Morgan fingerprint density at radius 3 is 2.12 bits per heavy atom. The van der Waals surface area contributed by atoms with Crippen molar-refractivity contribution in [2.24, 2.45) is 0 Å². The highest BCUT2D eigenvalue weighted by atomic mass is 16.5.